The molecule has 0 aliphatic rings. The van der Waals surface area contributed by atoms with Crippen LogP contribution in [0.4, 0.5) is 0 Å². The van der Waals surface area contributed by atoms with E-state index in [0.29, 0.717) is 6.54 Å². The van der Waals surface area contributed by atoms with Crippen molar-refractivity contribution >= 4 is 6.08 Å². The highest BCUT2D eigenvalue weighted by molar-refractivity contribution is 5.32. The molecule has 0 fully saturated rings. The molecular formula is C5H8NO. The molecule has 1 radical (unpaired) electrons. The van der Waals surface area contributed by atoms with E-state index in [9.17, 15) is 4.79 Å². The van der Waals surface area contributed by atoms with Crippen molar-refractivity contribution in [3.63, 3.8) is 0 Å². The third-order valence-corrected chi connectivity index (χ3v) is 0.584. The molecule has 0 bridgehead atoms. The Morgan fingerprint density at radius 2 is 2.43 bits per heavy atom. The molecule has 0 rings (SSSR count). The lowest BCUT2D eigenvalue weighted by molar-refractivity contribution is 0.562. The van der Waals surface area contributed by atoms with Crippen molar-refractivity contribution in [3.8, 4) is 0 Å². The molecule has 7 heavy (non-hydrogen) atoms. The Labute approximate surface area is 43.3 Å². The molecular weight excluding hydrogens is 90.1 g/mol. The van der Waals surface area contributed by atoms with Gasteiger partial charge in [-0.25, -0.2) is 9.79 Å². The first-order valence-electron chi connectivity index (χ1n) is 2.24. The Morgan fingerprint density at radius 1 is 1.71 bits per heavy atom. The zero-order valence-electron chi connectivity index (χ0n) is 4.18. The summed E-state index contributed by atoms with van der Waals surface area (Å²) in [6.45, 7) is 4.14. The van der Waals surface area contributed by atoms with Gasteiger partial charge in [0.2, 0.25) is 6.08 Å². The lowest BCUT2D eigenvalue weighted by atomic mass is 10.3. The quantitative estimate of drug-likeness (QED) is 0.293. The highest BCUT2D eigenvalue weighted by atomic mass is 16.1. The summed E-state index contributed by atoms with van der Waals surface area (Å²) < 4.78 is 0. The van der Waals surface area contributed by atoms with Crippen molar-refractivity contribution in [3.05, 3.63) is 6.92 Å². The maximum atomic E-state index is 9.37. The fraction of sp³-hybridized carbons (Fsp3) is 0.600. The average molecular weight is 98.1 g/mol. The van der Waals surface area contributed by atoms with Gasteiger partial charge in [-0.1, -0.05) is 13.3 Å². The molecule has 0 aliphatic carbocycles. The molecule has 2 nitrogen and oxygen atoms in total. The van der Waals surface area contributed by atoms with Crippen LogP contribution in [-0.2, 0) is 4.79 Å². The molecule has 0 spiro atoms. The molecule has 0 saturated carbocycles. The first-order chi connectivity index (χ1) is 3.41. The molecule has 0 unspecified atom stereocenters. The van der Waals surface area contributed by atoms with Crippen LogP contribution in [0.2, 0.25) is 0 Å². The van der Waals surface area contributed by atoms with Crippen LogP contribution in [0, 0.1) is 6.92 Å². The van der Waals surface area contributed by atoms with Crippen LogP contribution in [0.5, 0.6) is 0 Å². The third kappa shape index (κ3) is 5.38. The number of carbonyl (C=O) groups excluding carboxylic acids is 1. The van der Waals surface area contributed by atoms with Crippen LogP contribution in [0.1, 0.15) is 12.8 Å². The predicted octanol–water partition coefficient (Wildman–Crippen LogP) is 0.936. The van der Waals surface area contributed by atoms with Crippen LogP contribution in [0.3, 0.4) is 0 Å². The zero-order valence-corrected chi connectivity index (χ0v) is 4.18. The van der Waals surface area contributed by atoms with Crippen molar-refractivity contribution in [1.29, 1.82) is 0 Å². The number of nitrogens with zero attached hydrogens (tertiary/aromatic N) is 1. The van der Waals surface area contributed by atoms with Gasteiger partial charge in [0.05, 0.1) is 6.54 Å². The number of hydrogen-bond donors (Lipinski definition) is 0. The van der Waals surface area contributed by atoms with Gasteiger partial charge >= 0.3 is 0 Å². The van der Waals surface area contributed by atoms with Gasteiger partial charge in [0.25, 0.3) is 0 Å². The third-order valence-electron chi connectivity index (χ3n) is 0.584. The maximum absolute atomic E-state index is 9.37. The van der Waals surface area contributed by atoms with E-state index in [1.54, 1.807) is 0 Å². The molecule has 2 heteroatoms. The summed E-state index contributed by atoms with van der Waals surface area (Å²) in [7, 11) is 0. The van der Waals surface area contributed by atoms with Crippen molar-refractivity contribution in [2.75, 3.05) is 6.54 Å². The van der Waals surface area contributed by atoms with Crippen LogP contribution in [-0.4, -0.2) is 12.6 Å². The molecule has 0 saturated heterocycles. The fourth-order valence-corrected chi connectivity index (χ4v) is 0.237. The van der Waals surface area contributed by atoms with E-state index in [4.69, 9.17) is 0 Å². The van der Waals surface area contributed by atoms with E-state index in [1.807, 2.05) is 0 Å². The first kappa shape index (κ1) is 6.38. The second-order valence-electron chi connectivity index (χ2n) is 1.18. The zero-order chi connectivity index (χ0) is 5.54. The molecule has 0 amide bonds. The monoisotopic (exact) mass is 98.1 g/mol. The summed E-state index contributed by atoms with van der Waals surface area (Å²) >= 11 is 0. The van der Waals surface area contributed by atoms with Crippen LogP contribution in [0.15, 0.2) is 4.99 Å². The number of unbranched alkanes of at least 4 members (excludes halogenated alkanes) is 1. The topological polar surface area (TPSA) is 29.4 Å². The van der Waals surface area contributed by atoms with E-state index in [1.165, 1.54) is 6.08 Å². The maximum Gasteiger partial charge on any atom is 0.234 e. The Balaban J connectivity index is 2.83. The second-order valence-corrected chi connectivity index (χ2v) is 1.18. The molecule has 39 valence electrons. The number of rotatable bonds is 3. The molecule has 0 aromatic rings. The van der Waals surface area contributed by atoms with Gasteiger partial charge in [-0.3, -0.25) is 0 Å². The lowest BCUT2D eigenvalue weighted by Gasteiger charge is -1.80. The number of aliphatic imine (C=N–C) groups is 1. The van der Waals surface area contributed by atoms with E-state index in [-0.39, 0.29) is 0 Å². The summed E-state index contributed by atoms with van der Waals surface area (Å²) in [5, 5.41) is 0. The van der Waals surface area contributed by atoms with Crippen LogP contribution < -0.4 is 0 Å². The van der Waals surface area contributed by atoms with E-state index in [2.05, 4.69) is 11.9 Å². The first-order valence-corrected chi connectivity index (χ1v) is 2.24. The Morgan fingerprint density at radius 3 is 2.86 bits per heavy atom. The van der Waals surface area contributed by atoms with Gasteiger partial charge in [-0.15, -0.1) is 0 Å². The molecule has 0 aromatic heterocycles. The summed E-state index contributed by atoms with van der Waals surface area (Å²) in [4.78, 5) is 12.7. The van der Waals surface area contributed by atoms with Crippen molar-refractivity contribution in [2.24, 2.45) is 4.99 Å². The van der Waals surface area contributed by atoms with Crippen LogP contribution >= 0.6 is 0 Å². The van der Waals surface area contributed by atoms with Crippen molar-refractivity contribution in [1.82, 2.24) is 0 Å². The van der Waals surface area contributed by atoms with E-state index < -0.39 is 0 Å². The molecule has 0 atom stereocenters. The van der Waals surface area contributed by atoms with Gasteiger partial charge in [0.1, 0.15) is 0 Å². The smallest absolute Gasteiger partial charge is 0.211 e. The predicted molar refractivity (Wildman–Crippen MR) is 27.6 cm³/mol. The number of hydrogen-bond acceptors (Lipinski definition) is 2. The van der Waals surface area contributed by atoms with Gasteiger partial charge < -0.3 is 0 Å². The lowest BCUT2D eigenvalue weighted by Crippen LogP contribution is -1.74. The van der Waals surface area contributed by atoms with Crippen molar-refractivity contribution in [2.45, 2.75) is 12.8 Å². The normalized spacial score (nSPS) is 7.57. The Hall–Kier alpha value is -0.620. The van der Waals surface area contributed by atoms with Gasteiger partial charge in [0.15, 0.2) is 0 Å². The largest absolute Gasteiger partial charge is 0.234 e. The van der Waals surface area contributed by atoms with Gasteiger partial charge in [-0.2, -0.15) is 0 Å². The SMILES string of the molecule is [CH2]CCCN=C=O. The summed E-state index contributed by atoms with van der Waals surface area (Å²) in [6, 6.07) is 0. The van der Waals surface area contributed by atoms with Gasteiger partial charge in [-0.05, 0) is 6.42 Å². The summed E-state index contributed by atoms with van der Waals surface area (Å²) in [5.74, 6) is 0. The van der Waals surface area contributed by atoms with E-state index >= 15 is 0 Å². The Kier molecular flexibility index (Phi) is 4.90. The highest BCUT2D eigenvalue weighted by Crippen LogP contribution is 1.82. The minimum atomic E-state index is 0.576. The highest BCUT2D eigenvalue weighted by Gasteiger charge is 1.74. The van der Waals surface area contributed by atoms with Gasteiger partial charge in [0, 0.05) is 0 Å². The van der Waals surface area contributed by atoms with Crippen LogP contribution in [0.25, 0.3) is 0 Å². The number of isocyanates is 1. The Bertz CT molecular complexity index is 74.1. The molecule has 0 aliphatic heterocycles. The minimum absolute atomic E-state index is 0.576. The molecule has 0 aromatic carbocycles. The van der Waals surface area contributed by atoms with Crippen molar-refractivity contribution < 1.29 is 4.79 Å². The fourth-order valence-electron chi connectivity index (χ4n) is 0.237. The average Bonchev–Trinajstić information content (AvgIpc) is 1.69. The molecule has 0 heterocycles. The summed E-state index contributed by atoms with van der Waals surface area (Å²) in [6.07, 6.45) is 3.17. The van der Waals surface area contributed by atoms with E-state index in [0.717, 1.165) is 12.8 Å². The minimum Gasteiger partial charge on any atom is -0.211 e. The molecule has 0 N–H and O–H groups in total. The summed E-state index contributed by atoms with van der Waals surface area (Å²) in [5.41, 5.74) is 0. The second kappa shape index (κ2) is 5.38. The standard InChI is InChI=1S/C5H8NO/c1-2-3-4-6-5-7/h1-4H2.